The van der Waals surface area contributed by atoms with Crippen LogP contribution in [-0.2, 0) is 9.53 Å². The fraction of sp³-hybridized carbons (Fsp3) is 0.222. The average molecular weight is 389 g/mol. The third-order valence-electron chi connectivity index (χ3n) is 3.34. The van der Waals surface area contributed by atoms with Crippen LogP contribution in [0.1, 0.15) is 13.8 Å². The predicted octanol–water partition coefficient (Wildman–Crippen LogP) is 4.03. The number of benzene rings is 1. The first kappa shape index (κ1) is 18.4. The summed E-state index contributed by atoms with van der Waals surface area (Å²) in [6.45, 7) is 3.64. The lowest BCUT2D eigenvalue weighted by atomic mass is 10.2. The Morgan fingerprint density at radius 1 is 1.15 bits per heavy atom. The van der Waals surface area contributed by atoms with Crippen LogP contribution in [0.2, 0.25) is 5.02 Å². The van der Waals surface area contributed by atoms with Gasteiger partial charge in [-0.25, -0.2) is 0 Å². The highest BCUT2D eigenvalue weighted by Crippen LogP contribution is 2.28. The van der Waals surface area contributed by atoms with Crippen molar-refractivity contribution in [3.8, 4) is 17.1 Å². The second-order valence-corrected chi connectivity index (χ2v) is 7.06. The molecule has 2 aromatic heterocycles. The van der Waals surface area contributed by atoms with Gasteiger partial charge in [0, 0.05) is 28.7 Å². The van der Waals surface area contributed by atoms with Gasteiger partial charge in [-0.1, -0.05) is 23.4 Å². The van der Waals surface area contributed by atoms with Crippen molar-refractivity contribution in [2.24, 2.45) is 0 Å². The van der Waals surface area contributed by atoms with Gasteiger partial charge < -0.3 is 4.74 Å². The van der Waals surface area contributed by atoms with Crippen molar-refractivity contribution in [3.05, 3.63) is 53.8 Å². The summed E-state index contributed by atoms with van der Waals surface area (Å²) < 4.78 is 7.07. The molecule has 0 bridgehead atoms. The van der Waals surface area contributed by atoms with Crippen LogP contribution in [0.25, 0.3) is 17.1 Å². The highest BCUT2D eigenvalue weighted by Gasteiger charge is 2.18. The van der Waals surface area contributed by atoms with Crippen molar-refractivity contribution in [3.63, 3.8) is 0 Å². The molecule has 6 nitrogen and oxygen atoms in total. The number of halogens is 1. The second kappa shape index (κ2) is 8.33. The van der Waals surface area contributed by atoms with E-state index in [9.17, 15) is 4.79 Å². The van der Waals surface area contributed by atoms with E-state index in [0.29, 0.717) is 16.0 Å². The van der Waals surface area contributed by atoms with Gasteiger partial charge in [0.05, 0.1) is 11.9 Å². The molecule has 0 unspecified atom stereocenters. The molecule has 0 radical (unpaired) electrons. The number of pyridine rings is 1. The number of carbonyl (C=O) groups is 1. The van der Waals surface area contributed by atoms with Gasteiger partial charge in [-0.05, 0) is 50.2 Å². The van der Waals surface area contributed by atoms with E-state index in [1.165, 1.54) is 11.8 Å². The van der Waals surface area contributed by atoms with Gasteiger partial charge in [-0.2, -0.15) is 0 Å². The number of thioether (sulfide) groups is 1. The molecular weight excluding hydrogens is 372 g/mol. The van der Waals surface area contributed by atoms with Gasteiger partial charge >= 0.3 is 5.97 Å². The molecule has 0 amide bonds. The summed E-state index contributed by atoms with van der Waals surface area (Å²) in [6, 6.07) is 11.1. The minimum Gasteiger partial charge on any atom is -0.462 e. The number of nitrogens with zero attached hydrogens (tertiary/aromatic N) is 4. The molecule has 0 spiro atoms. The van der Waals surface area contributed by atoms with E-state index in [0.717, 1.165) is 11.3 Å². The Kier molecular flexibility index (Phi) is 5.90. The number of carbonyl (C=O) groups excluding carboxylic acids is 1. The molecule has 134 valence electrons. The third kappa shape index (κ3) is 4.42. The summed E-state index contributed by atoms with van der Waals surface area (Å²) in [6.07, 6.45) is 3.25. The lowest BCUT2D eigenvalue weighted by Crippen LogP contribution is -2.13. The van der Waals surface area contributed by atoms with E-state index < -0.39 is 0 Å². The topological polar surface area (TPSA) is 69.9 Å². The molecule has 0 saturated carbocycles. The van der Waals surface area contributed by atoms with E-state index in [4.69, 9.17) is 16.3 Å². The van der Waals surface area contributed by atoms with Gasteiger partial charge in [0.15, 0.2) is 11.0 Å². The number of ether oxygens (including phenoxy) is 1. The zero-order valence-corrected chi connectivity index (χ0v) is 15.9. The Balaban J connectivity index is 1.95. The molecular formula is C18H17ClN4O2S. The molecule has 0 aliphatic carbocycles. The molecule has 0 saturated heterocycles. The SMILES string of the molecule is CC(C)OC(=O)CSc1nnc(-c2ccncc2)n1-c1ccc(Cl)cc1. The first-order valence-electron chi connectivity index (χ1n) is 7.98. The highest BCUT2D eigenvalue weighted by molar-refractivity contribution is 7.99. The van der Waals surface area contributed by atoms with Crippen molar-refractivity contribution < 1.29 is 9.53 Å². The maximum absolute atomic E-state index is 11.9. The zero-order chi connectivity index (χ0) is 18.5. The Morgan fingerprint density at radius 2 is 1.85 bits per heavy atom. The van der Waals surface area contributed by atoms with Crippen molar-refractivity contribution >= 4 is 29.3 Å². The number of hydrogen-bond donors (Lipinski definition) is 0. The lowest BCUT2D eigenvalue weighted by molar-refractivity contribution is -0.144. The van der Waals surface area contributed by atoms with Crippen LogP contribution in [0.15, 0.2) is 53.9 Å². The van der Waals surface area contributed by atoms with Crippen LogP contribution in [-0.4, -0.2) is 37.6 Å². The molecule has 3 aromatic rings. The van der Waals surface area contributed by atoms with E-state index in [1.807, 2.05) is 42.7 Å². The summed E-state index contributed by atoms with van der Waals surface area (Å²) >= 11 is 7.28. The maximum atomic E-state index is 11.9. The predicted molar refractivity (Wildman–Crippen MR) is 102 cm³/mol. The molecule has 0 aliphatic heterocycles. The number of aromatic nitrogens is 4. The fourth-order valence-corrected chi connectivity index (χ4v) is 3.16. The normalized spacial score (nSPS) is 10.9. The summed E-state index contributed by atoms with van der Waals surface area (Å²) in [4.78, 5) is 15.9. The Labute approximate surface area is 160 Å². The maximum Gasteiger partial charge on any atom is 0.316 e. The molecule has 3 rings (SSSR count). The minimum atomic E-state index is -0.291. The number of hydrogen-bond acceptors (Lipinski definition) is 6. The summed E-state index contributed by atoms with van der Waals surface area (Å²) in [5.41, 5.74) is 1.73. The quantitative estimate of drug-likeness (QED) is 0.469. The van der Waals surface area contributed by atoms with Gasteiger partial charge in [-0.15, -0.1) is 10.2 Å². The van der Waals surface area contributed by atoms with Crippen molar-refractivity contribution in [2.45, 2.75) is 25.1 Å². The number of rotatable bonds is 6. The molecule has 2 heterocycles. The van der Waals surface area contributed by atoms with Crippen LogP contribution in [0.3, 0.4) is 0 Å². The summed E-state index contributed by atoms with van der Waals surface area (Å²) in [5, 5.41) is 9.80. The van der Waals surface area contributed by atoms with Crippen molar-refractivity contribution in [2.75, 3.05) is 5.75 Å². The van der Waals surface area contributed by atoms with Crippen LogP contribution in [0.4, 0.5) is 0 Å². The minimum absolute atomic E-state index is 0.149. The largest absolute Gasteiger partial charge is 0.462 e. The molecule has 0 N–H and O–H groups in total. The van der Waals surface area contributed by atoms with Crippen molar-refractivity contribution in [1.82, 2.24) is 19.7 Å². The first-order valence-corrected chi connectivity index (χ1v) is 9.35. The first-order chi connectivity index (χ1) is 12.5. The summed E-state index contributed by atoms with van der Waals surface area (Å²) in [5.74, 6) is 0.524. The second-order valence-electron chi connectivity index (χ2n) is 5.68. The summed E-state index contributed by atoms with van der Waals surface area (Å²) in [7, 11) is 0. The zero-order valence-electron chi connectivity index (χ0n) is 14.3. The Hall–Kier alpha value is -2.38. The molecule has 0 aliphatic rings. The molecule has 8 heteroatoms. The van der Waals surface area contributed by atoms with Gasteiger partial charge in [0.2, 0.25) is 0 Å². The van der Waals surface area contributed by atoms with E-state index in [2.05, 4.69) is 15.2 Å². The molecule has 26 heavy (non-hydrogen) atoms. The van der Waals surface area contributed by atoms with Crippen LogP contribution in [0.5, 0.6) is 0 Å². The molecule has 1 aromatic carbocycles. The standard InChI is InChI=1S/C18H17ClN4O2S/c1-12(2)25-16(24)11-26-18-22-21-17(13-7-9-20-10-8-13)23(18)15-5-3-14(19)4-6-15/h3-10,12H,11H2,1-2H3. The Bertz CT molecular complexity index is 882. The lowest BCUT2D eigenvalue weighted by Gasteiger charge is -2.11. The monoisotopic (exact) mass is 388 g/mol. The van der Waals surface area contributed by atoms with E-state index in [-0.39, 0.29) is 17.8 Å². The van der Waals surface area contributed by atoms with E-state index in [1.54, 1.807) is 24.5 Å². The van der Waals surface area contributed by atoms with Gasteiger partial charge in [-0.3, -0.25) is 14.3 Å². The van der Waals surface area contributed by atoms with Crippen LogP contribution >= 0.6 is 23.4 Å². The molecule has 0 fully saturated rings. The van der Waals surface area contributed by atoms with Gasteiger partial charge in [0.1, 0.15) is 0 Å². The average Bonchev–Trinajstić information content (AvgIpc) is 3.05. The van der Waals surface area contributed by atoms with E-state index >= 15 is 0 Å². The Morgan fingerprint density at radius 3 is 2.50 bits per heavy atom. The highest BCUT2D eigenvalue weighted by atomic mass is 35.5. The third-order valence-corrected chi connectivity index (χ3v) is 4.50. The molecule has 0 atom stereocenters. The fourth-order valence-electron chi connectivity index (χ4n) is 2.29. The van der Waals surface area contributed by atoms with Gasteiger partial charge in [0.25, 0.3) is 0 Å². The van der Waals surface area contributed by atoms with Crippen molar-refractivity contribution in [1.29, 1.82) is 0 Å². The van der Waals surface area contributed by atoms with Crippen LogP contribution < -0.4 is 0 Å². The van der Waals surface area contributed by atoms with Crippen LogP contribution in [0, 0.1) is 0 Å². The smallest absolute Gasteiger partial charge is 0.316 e. The number of esters is 1.